The summed E-state index contributed by atoms with van der Waals surface area (Å²) in [6.07, 6.45) is 8.41. The van der Waals surface area contributed by atoms with Gasteiger partial charge in [-0.3, -0.25) is 9.59 Å². The lowest BCUT2D eigenvalue weighted by atomic mass is 9.84. The molecule has 0 unspecified atom stereocenters. The molecule has 3 rings (SSSR count). The van der Waals surface area contributed by atoms with E-state index in [1.807, 2.05) is 0 Å². The summed E-state index contributed by atoms with van der Waals surface area (Å²) in [5, 5.41) is 0. The molecule has 0 N–H and O–H groups in total. The van der Waals surface area contributed by atoms with Gasteiger partial charge < -0.3 is 9.80 Å². The molecule has 1 aliphatic heterocycles. The lowest BCUT2D eigenvalue weighted by Crippen LogP contribution is -2.48. The maximum Gasteiger partial charge on any atom is 0.242 e. The third kappa shape index (κ3) is 3.55. The van der Waals surface area contributed by atoms with E-state index in [1.54, 1.807) is 16.7 Å². The van der Waals surface area contributed by atoms with Gasteiger partial charge in [-0.15, -0.1) is 11.8 Å². The lowest BCUT2D eigenvalue weighted by Gasteiger charge is -2.37. The molecule has 0 radical (unpaired) electrons. The Balaban J connectivity index is 1.59. The molecule has 0 atom stereocenters. The van der Waals surface area contributed by atoms with Crippen molar-refractivity contribution in [3.8, 4) is 0 Å². The van der Waals surface area contributed by atoms with E-state index in [2.05, 4.69) is 11.8 Å². The normalized spacial score (nSPS) is 29.8. The molecule has 2 aliphatic carbocycles. The van der Waals surface area contributed by atoms with Crippen LogP contribution < -0.4 is 0 Å². The zero-order valence-corrected chi connectivity index (χ0v) is 13.7. The van der Waals surface area contributed by atoms with Crippen LogP contribution >= 0.6 is 11.8 Å². The zero-order chi connectivity index (χ0) is 14.8. The number of carbonyl (C=O) groups is 2. The highest BCUT2D eigenvalue weighted by molar-refractivity contribution is 8.00. The highest BCUT2D eigenvalue weighted by atomic mass is 32.2. The predicted molar refractivity (Wildman–Crippen MR) is 84.9 cm³/mol. The summed E-state index contributed by atoms with van der Waals surface area (Å²) in [7, 11) is 0. The Kier molecular flexibility index (Phi) is 4.77. The third-order valence-electron chi connectivity index (χ3n) is 5.17. The van der Waals surface area contributed by atoms with E-state index in [1.165, 1.54) is 19.3 Å². The first kappa shape index (κ1) is 15.2. The van der Waals surface area contributed by atoms with Crippen LogP contribution in [0.5, 0.6) is 0 Å². The smallest absolute Gasteiger partial charge is 0.242 e. The van der Waals surface area contributed by atoms with E-state index in [-0.39, 0.29) is 11.8 Å². The van der Waals surface area contributed by atoms with Crippen LogP contribution in [0.25, 0.3) is 0 Å². The Bertz CT molecular complexity index is 403. The molecule has 118 valence electrons. The average molecular weight is 310 g/mol. The molecule has 1 heterocycles. The number of amides is 2. The molecular formula is C16H26N2O2S. The van der Waals surface area contributed by atoms with Gasteiger partial charge in [0.15, 0.2) is 0 Å². The highest BCUT2D eigenvalue weighted by Crippen LogP contribution is 2.36. The van der Waals surface area contributed by atoms with Crippen molar-refractivity contribution in [3.05, 3.63) is 0 Å². The fraction of sp³-hybridized carbons (Fsp3) is 0.875. The molecule has 0 spiro atoms. The molecular weight excluding hydrogens is 284 g/mol. The van der Waals surface area contributed by atoms with Crippen molar-refractivity contribution in [2.45, 2.75) is 64.0 Å². The van der Waals surface area contributed by atoms with Crippen molar-refractivity contribution in [2.24, 2.45) is 5.92 Å². The lowest BCUT2D eigenvalue weighted by molar-refractivity contribution is -0.140. The number of hydrogen-bond donors (Lipinski definition) is 0. The average Bonchev–Trinajstić information content (AvgIpc) is 3.24. The monoisotopic (exact) mass is 310 g/mol. The molecule has 5 heteroatoms. The largest absolute Gasteiger partial charge is 0.335 e. The summed E-state index contributed by atoms with van der Waals surface area (Å²) >= 11 is 1.61. The standard InChI is InChI=1S/C16H26N2O2S/c1-2-12-3-5-13(6-4-12)18(14-7-8-14)15(19)9-17-11-21-10-16(17)20/h12-14H,2-11H2,1H3. The topological polar surface area (TPSA) is 40.6 Å². The first-order valence-electron chi connectivity index (χ1n) is 8.35. The Morgan fingerprint density at radius 3 is 2.29 bits per heavy atom. The van der Waals surface area contributed by atoms with Gasteiger partial charge in [-0.05, 0) is 44.4 Å². The molecule has 1 saturated heterocycles. The van der Waals surface area contributed by atoms with E-state index in [0.717, 1.165) is 31.6 Å². The Morgan fingerprint density at radius 1 is 1.19 bits per heavy atom. The van der Waals surface area contributed by atoms with Crippen LogP contribution in [-0.4, -0.2) is 51.9 Å². The molecule has 2 saturated carbocycles. The quantitative estimate of drug-likeness (QED) is 0.783. The summed E-state index contributed by atoms with van der Waals surface area (Å²) in [4.78, 5) is 28.3. The van der Waals surface area contributed by atoms with Crippen molar-refractivity contribution < 1.29 is 9.59 Å². The van der Waals surface area contributed by atoms with Crippen LogP contribution in [0.15, 0.2) is 0 Å². The molecule has 0 bridgehead atoms. The van der Waals surface area contributed by atoms with Crippen molar-refractivity contribution in [1.82, 2.24) is 9.80 Å². The van der Waals surface area contributed by atoms with Gasteiger partial charge in [0.25, 0.3) is 0 Å². The Hall–Kier alpha value is -0.710. The van der Waals surface area contributed by atoms with Crippen LogP contribution in [0, 0.1) is 5.92 Å². The first-order valence-corrected chi connectivity index (χ1v) is 9.51. The number of hydrogen-bond acceptors (Lipinski definition) is 3. The molecule has 0 aromatic heterocycles. The van der Waals surface area contributed by atoms with Crippen LogP contribution in [0.2, 0.25) is 0 Å². The minimum atomic E-state index is 0.124. The van der Waals surface area contributed by atoms with Crippen molar-refractivity contribution in [1.29, 1.82) is 0 Å². The van der Waals surface area contributed by atoms with Crippen LogP contribution in [0.4, 0.5) is 0 Å². The maximum absolute atomic E-state index is 12.7. The van der Waals surface area contributed by atoms with Crippen molar-refractivity contribution >= 4 is 23.6 Å². The van der Waals surface area contributed by atoms with Crippen LogP contribution in [-0.2, 0) is 9.59 Å². The fourth-order valence-electron chi connectivity index (χ4n) is 3.67. The molecule has 3 fully saturated rings. The van der Waals surface area contributed by atoms with Crippen molar-refractivity contribution in [2.75, 3.05) is 18.2 Å². The van der Waals surface area contributed by atoms with Crippen LogP contribution in [0.1, 0.15) is 51.9 Å². The highest BCUT2D eigenvalue weighted by Gasteiger charge is 2.39. The maximum atomic E-state index is 12.7. The second-order valence-electron chi connectivity index (χ2n) is 6.68. The van der Waals surface area contributed by atoms with E-state index < -0.39 is 0 Å². The van der Waals surface area contributed by atoms with Gasteiger partial charge in [0.05, 0.1) is 11.6 Å². The summed E-state index contributed by atoms with van der Waals surface area (Å²) < 4.78 is 0. The Morgan fingerprint density at radius 2 is 1.81 bits per heavy atom. The number of nitrogens with zero attached hydrogens (tertiary/aromatic N) is 2. The SMILES string of the molecule is CCC1CCC(N(C(=O)CN2CSCC2=O)C2CC2)CC1. The summed E-state index contributed by atoms with van der Waals surface area (Å²) in [5.41, 5.74) is 0. The minimum Gasteiger partial charge on any atom is -0.335 e. The van der Waals surface area contributed by atoms with Gasteiger partial charge in [0.2, 0.25) is 11.8 Å². The molecule has 2 amide bonds. The van der Waals surface area contributed by atoms with Crippen molar-refractivity contribution in [3.63, 3.8) is 0 Å². The molecule has 0 aromatic rings. The van der Waals surface area contributed by atoms with E-state index in [0.29, 0.717) is 30.3 Å². The summed E-state index contributed by atoms with van der Waals surface area (Å²) in [6.45, 7) is 2.57. The van der Waals surface area contributed by atoms with E-state index >= 15 is 0 Å². The van der Waals surface area contributed by atoms with Gasteiger partial charge in [-0.25, -0.2) is 0 Å². The number of thioether (sulfide) groups is 1. The zero-order valence-electron chi connectivity index (χ0n) is 12.9. The van der Waals surface area contributed by atoms with E-state index in [9.17, 15) is 9.59 Å². The first-order chi connectivity index (χ1) is 10.2. The summed E-state index contributed by atoms with van der Waals surface area (Å²) in [5.74, 6) is 2.39. The van der Waals surface area contributed by atoms with Gasteiger partial charge in [-0.2, -0.15) is 0 Å². The summed E-state index contributed by atoms with van der Waals surface area (Å²) in [6, 6.07) is 0.893. The van der Waals surface area contributed by atoms with Gasteiger partial charge >= 0.3 is 0 Å². The fourth-order valence-corrected chi connectivity index (χ4v) is 4.58. The number of rotatable bonds is 5. The predicted octanol–water partition coefficient (Wildman–Crippen LogP) is 2.48. The van der Waals surface area contributed by atoms with E-state index in [4.69, 9.17) is 0 Å². The van der Waals surface area contributed by atoms with Gasteiger partial charge in [-0.1, -0.05) is 13.3 Å². The van der Waals surface area contributed by atoms with Gasteiger partial charge in [0, 0.05) is 12.1 Å². The second kappa shape index (κ2) is 6.59. The third-order valence-corrected chi connectivity index (χ3v) is 6.11. The number of carbonyl (C=O) groups excluding carboxylic acids is 2. The molecule has 0 aromatic carbocycles. The van der Waals surface area contributed by atoms with Gasteiger partial charge in [0.1, 0.15) is 6.54 Å². The Labute approximate surface area is 131 Å². The van der Waals surface area contributed by atoms with Crippen LogP contribution in [0.3, 0.4) is 0 Å². The minimum absolute atomic E-state index is 0.124. The molecule has 21 heavy (non-hydrogen) atoms. The molecule has 4 nitrogen and oxygen atoms in total. The second-order valence-corrected chi connectivity index (χ2v) is 7.64. The molecule has 3 aliphatic rings.